The quantitative estimate of drug-likeness (QED) is 0.484. The van der Waals surface area contributed by atoms with Gasteiger partial charge in [0.2, 0.25) is 0 Å². The Kier molecular flexibility index (Phi) is 3.27. The van der Waals surface area contributed by atoms with Crippen molar-refractivity contribution in [1.82, 2.24) is 0 Å². The molecule has 0 atom stereocenters. The molecule has 0 saturated heterocycles. The standard InChI is InChI=1S/C10H5N3O2S2/c11-5-7-3-4-16-10(7)12-6-8-1-2-9(17-8)13(14)15/h1-4,6H. The highest BCUT2D eigenvalue weighted by Gasteiger charge is 2.08. The van der Waals surface area contributed by atoms with Crippen LogP contribution in [0.3, 0.4) is 0 Å². The summed E-state index contributed by atoms with van der Waals surface area (Å²) in [5, 5.41) is 21.7. The second kappa shape index (κ2) is 4.86. The number of hydrogen-bond donors (Lipinski definition) is 0. The average molecular weight is 263 g/mol. The lowest BCUT2D eigenvalue weighted by atomic mass is 10.3. The normalized spacial score (nSPS) is 10.5. The number of aliphatic imine (C=N–C) groups is 1. The third-order valence-electron chi connectivity index (χ3n) is 1.87. The molecule has 0 unspecified atom stereocenters. The van der Waals surface area contributed by atoms with Crippen LogP contribution < -0.4 is 0 Å². The molecule has 0 aromatic carbocycles. The third-order valence-corrected chi connectivity index (χ3v) is 3.66. The molecule has 0 aliphatic carbocycles. The topological polar surface area (TPSA) is 79.3 Å². The lowest BCUT2D eigenvalue weighted by Crippen LogP contribution is -1.80. The van der Waals surface area contributed by atoms with Gasteiger partial charge in [0.25, 0.3) is 0 Å². The minimum absolute atomic E-state index is 0.0816. The van der Waals surface area contributed by atoms with Crippen molar-refractivity contribution in [3.8, 4) is 6.07 Å². The van der Waals surface area contributed by atoms with Crippen LogP contribution in [-0.4, -0.2) is 11.1 Å². The Labute approximate surface area is 104 Å². The van der Waals surface area contributed by atoms with Gasteiger partial charge in [-0.15, -0.1) is 11.3 Å². The smallest absolute Gasteiger partial charge is 0.258 e. The summed E-state index contributed by atoms with van der Waals surface area (Å²) >= 11 is 2.41. The summed E-state index contributed by atoms with van der Waals surface area (Å²) in [4.78, 5) is 14.9. The Morgan fingerprint density at radius 2 is 2.29 bits per heavy atom. The lowest BCUT2D eigenvalue weighted by Gasteiger charge is -1.86. The molecule has 0 fully saturated rings. The maximum Gasteiger partial charge on any atom is 0.324 e. The van der Waals surface area contributed by atoms with E-state index in [1.54, 1.807) is 17.5 Å². The first-order valence-corrected chi connectivity index (χ1v) is 6.16. The zero-order valence-electron chi connectivity index (χ0n) is 8.36. The van der Waals surface area contributed by atoms with E-state index >= 15 is 0 Å². The van der Waals surface area contributed by atoms with Gasteiger partial charge in [-0.05, 0) is 17.5 Å². The van der Waals surface area contributed by atoms with E-state index in [-0.39, 0.29) is 5.00 Å². The molecule has 0 bridgehead atoms. The average Bonchev–Trinajstić information content (AvgIpc) is 2.95. The number of rotatable bonds is 3. The molecular formula is C10H5N3O2S2. The van der Waals surface area contributed by atoms with Gasteiger partial charge in [-0.1, -0.05) is 11.3 Å². The van der Waals surface area contributed by atoms with E-state index in [4.69, 9.17) is 5.26 Å². The first-order valence-electron chi connectivity index (χ1n) is 4.46. The molecule has 2 aromatic rings. The van der Waals surface area contributed by atoms with Crippen molar-refractivity contribution in [2.45, 2.75) is 0 Å². The molecule has 0 aliphatic heterocycles. The van der Waals surface area contributed by atoms with Crippen LogP contribution in [0.15, 0.2) is 28.6 Å². The zero-order chi connectivity index (χ0) is 12.3. The molecule has 17 heavy (non-hydrogen) atoms. The fourth-order valence-corrected chi connectivity index (χ4v) is 2.50. The van der Waals surface area contributed by atoms with E-state index in [0.29, 0.717) is 15.4 Å². The van der Waals surface area contributed by atoms with E-state index in [1.165, 1.54) is 23.6 Å². The molecule has 0 spiro atoms. The minimum Gasteiger partial charge on any atom is -0.258 e. The fraction of sp³-hybridized carbons (Fsp3) is 0. The molecule has 0 N–H and O–H groups in total. The Hall–Kier alpha value is -2.04. The number of nitriles is 1. The number of thiophene rings is 2. The molecule has 5 nitrogen and oxygen atoms in total. The number of nitro groups is 1. The molecule has 7 heteroatoms. The van der Waals surface area contributed by atoms with Gasteiger partial charge in [-0.25, -0.2) is 4.99 Å². The van der Waals surface area contributed by atoms with E-state index in [0.717, 1.165) is 11.3 Å². The van der Waals surface area contributed by atoms with Crippen molar-refractivity contribution in [1.29, 1.82) is 5.26 Å². The summed E-state index contributed by atoms with van der Waals surface area (Å²) in [7, 11) is 0. The Balaban J connectivity index is 2.21. The molecule has 0 saturated carbocycles. The van der Waals surface area contributed by atoms with Crippen LogP contribution in [0, 0.1) is 21.4 Å². The van der Waals surface area contributed by atoms with Gasteiger partial charge >= 0.3 is 5.00 Å². The summed E-state index contributed by atoms with van der Waals surface area (Å²) in [6.45, 7) is 0. The maximum absolute atomic E-state index is 10.5. The number of hydrogen-bond acceptors (Lipinski definition) is 6. The van der Waals surface area contributed by atoms with Crippen LogP contribution in [-0.2, 0) is 0 Å². The molecule has 2 heterocycles. The Morgan fingerprint density at radius 1 is 1.47 bits per heavy atom. The lowest BCUT2D eigenvalue weighted by molar-refractivity contribution is -0.380. The largest absolute Gasteiger partial charge is 0.324 e. The summed E-state index contributed by atoms with van der Waals surface area (Å²) < 4.78 is 0. The summed E-state index contributed by atoms with van der Waals surface area (Å²) in [6, 6.07) is 6.78. The Morgan fingerprint density at radius 3 is 2.94 bits per heavy atom. The van der Waals surface area contributed by atoms with Crippen molar-refractivity contribution in [3.05, 3.63) is 44.1 Å². The Bertz CT molecular complexity index is 622. The molecule has 0 radical (unpaired) electrons. The zero-order valence-corrected chi connectivity index (χ0v) is 9.99. The van der Waals surface area contributed by atoms with E-state index in [2.05, 4.69) is 4.99 Å². The highest BCUT2D eigenvalue weighted by atomic mass is 32.1. The first-order chi connectivity index (χ1) is 8.20. The monoisotopic (exact) mass is 263 g/mol. The van der Waals surface area contributed by atoms with Gasteiger partial charge < -0.3 is 0 Å². The molecule has 0 aliphatic rings. The van der Waals surface area contributed by atoms with Crippen LogP contribution in [0.1, 0.15) is 10.4 Å². The van der Waals surface area contributed by atoms with Gasteiger partial charge in [0, 0.05) is 12.3 Å². The predicted molar refractivity (Wildman–Crippen MR) is 67.3 cm³/mol. The minimum atomic E-state index is -0.437. The second-order valence-electron chi connectivity index (χ2n) is 2.94. The molecule has 2 aromatic heterocycles. The molecule has 84 valence electrons. The van der Waals surface area contributed by atoms with Crippen LogP contribution in [0.4, 0.5) is 10.0 Å². The fourth-order valence-electron chi connectivity index (χ4n) is 1.12. The van der Waals surface area contributed by atoms with Crippen molar-refractivity contribution in [2.24, 2.45) is 4.99 Å². The van der Waals surface area contributed by atoms with Crippen molar-refractivity contribution >= 4 is 38.9 Å². The van der Waals surface area contributed by atoms with Gasteiger partial charge in [-0.2, -0.15) is 5.26 Å². The highest BCUT2D eigenvalue weighted by Crippen LogP contribution is 2.27. The maximum atomic E-state index is 10.5. The van der Waals surface area contributed by atoms with E-state index in [9.17, 15) is 10.1 Å². The van der Waals surface area contributed by atoms with Gasteiger partial charge in [0.1, 0.15) is 11.1 Å². The van der Waals surface area contributed by atoms with Crippen LogP contribution >= 0.6 is 22.7 Å². The molecular weight excluding hydrogens is 258 g/mol. The molecule has 0 amide bonds. The predicted octanol–water partition coefficient (Wildman–Crippen LogP) is 3.34. The van der Waals surface area contributed by atoms with E-state index < -0.39 is 4.92 Å². The second-order valence-corrected chi connectivity index (χ2v) is 4.93. The van der Waals surface area contributed by atoms with Crippen LogP contribution in [0.2, 0.25) is 0 Å². The van der Waals surface area contributed by atoms with Gasteiger partial charge in [0.15, 0.2) is 0 Å². The van der Waals surface area contributed by atoms with Gasteiger partial charge in [-0.3, -0.25) is 10.1 Å². The summed E-state index contributed by atoms with van der Waals surface area (Å²) in [6.07, 6.45) is 1.53. The number of nitrogens with zero attached hydrogens (tertiary/aromatic N) is 3. The highest BCUT2D eigenvalue weighted by molar-refractivity contribution is 7.17. The van der Waals surface area contributed by atoms with Gasteiger partial charge in [0.05, 0.1) is 15.4 Å². The SMILES string of the molecule is N#Cc1ccsc1N=Cc1ccc([N+](=O)[O-])s1. The van der Waals surface area contributed by atoms with Crippen LogP contribution in [0.25, 0.3) is 0 Å². The summed E-state index contributed by atoms with van der Waals surface area (Å²) in [5.41, 5.74) is 0.511. The van der Waals surface area contributed by atoms with Crippen molar-refractivity contribution in [2.75, 3.05) is 0 Å². The third kappa shape index (κ3) is 2.55. The van der Waals surface area contributed by atoms with Crippen LogP contribution in [0.5, 0.6) is 0 Å². The van der Waals surface area contributed by atoms with E-state index in [1.807, 2.05) is 6.07 Å². The summed E-state index contributed by atoms with van der Waals surface area (Å²) in [5.74, 6) is 0. The van der Waals surface area contributed by atoms with Crippen molar-refractivity contribution in [3.63, 3.8) is 0 Å². The van der Waals surface area contributed by atoms with Crippen molar-refractivity contribution < 1.29 is 4.92 Å². The first kappa shape index (κ1) is 11.4. The molecule has 2 rings (SSSR count).